The predicted molar refractivity (Wildman–Crippen MR) is 54.2 cm³/mol. The molecule has 2 rings (SSSR count). The molecule has 7 heteroatoms. The van der Waals surface area contributed by atoms with Gasteiger partial charge in [-0.05, 0) is 19.3 Å². The average molecular weight is 263 g/mol. The number of hydrogen-bond donors (Lipinski definition) is 1. The van der Waals surface area contributed by atoms with Gasteiger partial charge in [-0.3, -0.25) is 0 Å². The van der Waals surface area contributed by atoms with E-state index in [4.69, 9.17) is 5.11 Å². The van der Waals surface area contributed by atoms with E-state index >= 15 is 0 Å². The van der Waals surface area contributed by atoms with Gasteiger partial charge in [0.2, 0.25) is 0 Å². The lowest BCUT2D eigenvalue weighted by Crippen LogP contribution is -2.28. The van der Waals surface area contributed by atoms with E-state index in [1.165, 1.54) is 0 Å². The summed E-state index contributed by atoms with van der Waals surface area (Å²) >= 11 is 0. The predicted octanol–water partition coefficient (Wildman–Crippen LogP) is 3.21. The van der Waals surface area contributed by atoms with Gasteiger partial charge in [-0.1, -0.05) is 11.6 Å². The Morgan fingerprint density at radius 1 is 1.44 bits per heavy atom. The highest BCUT2D eigenvalue weighted by Gasteiger charge is 2.43. The smallest absolute Gasteiger partial charge is 0.391 e. The molecule has 0 spiro atoms. The minimum absolute atomic E-state index is 0.0975. The maximum atomic E-state index is 12.7. The van der Waals surface area contributed by atoms with Crippen molar-refractivity contribution >= 4 is 5.97 Å². The molecule has 0 amide bonds. The van der Waals surface area contributed by atoms with Crippen molar-refractivity contribution in [3.63, 3.8) is 0 Å². The summed E-state index contributed by atoms with van der Waals surface area (Å²) in [5, 5.41) is 12.4. The van der Waals surface area contributed by atoms with Crippen molar-refractivity contribution in [3.05, 3.63) is 17.5 Å². The number of alkyl halides is 3. The molecule has 1 aromatic rings. The fourth-order valence-corrected chi connectivity index (χ4v) is 2.44. The van der Waals surface area contributed by atoms with Gasteiger partial charge >= 0.3 is 12.1 Å². The number of halogens is 3. The second-order valence-corrected chi connectivity index (χ2v) is 4.52. The number of rotatable bonds is 2. The van der Waals surface area contributed by atoms with Crippen molar-refractivity contribution in [2.75, 3.05) is 0 Å². The third-order valence-electron chi connectivity index (χ3n) is 3.35. The SMILES string of the molecule is O=C(O)c1conc1[C@H]1CCC[C@@H](C(F)(F)F)C1. The van der Waals surface area contributed by atoms with E-state index in [-0.39, 0.29) is 24.1 Å². The van der Waals surface area contributed by atoms with Gasteiger partial charge in [0.25, 0.3) is 0 Å². The fraction of sp³-hybridized carbons (Fsp3) is 0.636. The van der Waals surface area contributed by atoms with Crippen molar-refractivity contribution in [1.82, 2.24) is 5.16 Å². The van der Waals surface area contributed by atoms with Crippen molar-refractivity contribution in [2.45, 2.75) is 37.8 Å². The Balaban J connectivity index is 2.18. The second kappa shape index (κ2) is 4.62. The van der Waals surface area contributed by atoms with Gasteiger partial charge in [-0.2, -0.15) is 13.2 Å². The van der Waals surface area contributed by atoms with Gasteiger partial charge in [0.05, 0.1) is 5.92 Å². The van der Waals surface area contributed by atoms with Crippen LogP contribution >= 0.6 is 0 Å². The summed E-state index contributed by atoms with van der Waals surface area (Å²) in [7, 11) is 0. The van der Waals surface area contributed by atoms with E-state index in [2.05, 4.69) is 9.68 Å². The minimum atomic E-state index is -4.23. The largest absolute Gasteiger partial charge is 0.478 e. The first kappa shape index (κ1) is 12.9. The van der Waals surface area contributed by atoms with E-state index in [9.17, 15) is 18.0 Å². The lowest BCUT2D eigenvalue weighted by molar-refractivity contribution is -0.183. The normalized spacial score (nSPS) is 25.1. The van der Waals surface area contributed by atoms with E-state index in [0.717, 1.165) is 6.26 Å². The van der Waals surface area contributed by atoms with E-state index < -0.39 is 24.0 Å². The molecular formula is C11H12F3NO3. The molecule has 1 aliphatic rings. The fourth-order valence-electron chi connectivity index (χ4n) is 2.44. The van der Waals surface area contributed by atoms with Crippen LogP contribution in [0.2, 0.25) is 0 Å². The minimum Gasteiger partial charge on any atom is -0.478 e. The number of hydrogen-bond acceptors (Lipinski definition) is 3. The van der Waals surface area contributed by atoms with Gasteiger partial charge in [0, 0.05) is 5.92 Å². The quantitative estimate of drug-likeness (QED) is 0.889. The van der Waals surface area contributed by atoms with Crippen LogP contribution in [0.3, 0.4) is 0 Å². The van der Waals surface area contributed by atoms with Gasteiger partial charge in [0.1, 0.15) is 17.5 Å². The van der Waals surface area contributed by atoms with Crippen molar-refractivity contribution in [3.8, 4) is 0 Å². The van der Waals surface area contributed by atoms with Crippen LogP contribution in [-0.2, 0) is 0 Å². The standard InChI is InChI=1S/C11H12F3NO3/c12-11(13,14)7-3-1-2-6(4-7)9-8(10(16)17)5-18-15-9/h5-7H,1-4H2,(H,16,17)/t6-,7+/m0/s1. The third kappa shape index (κ3) is 2.49. The molecule has 0 radical (unpaired) electrons. The Bertz CT molecular complexity index is 441. The molecule has 0 aromatic carbocycles. The first-order valence-electron chi connectivity index (χ1n) is 5.64. The van der Waals surface area contributed by atoms with Gasteiger partial charge in [-0.15, -0.1) is 0 Å². The zero-order chi connectivity index (χ0) is 13.3. The summed E-state index contributed by atoms with van der Waals surface area (Å²) in [4.78, 5) is 10.9. The molecule has 1 N–H and O–H groups in total. The molecule has 0 saturated heterocycles. The summed E-state index contributed by atoms with van der Waals surface area (Å²) in [6.45, 7) is 0. The number of carboxylic acid groups (broad SMARTS) is 1. The van der Waals surface area contributed by atoms with Crippen LogP contribution in [0.5, 0.6) is 0 Å². The number of aromatic nitrogens is 1. The van der Waals surface area contributed by atoms with Crippen LogP contribution in [0, 0.1) is 5.92 Å². The van der Waals surface area contributed by atoms with Crippen LogP contribution < -0.4 is 0 Å². The monoisotopic (exact) mass is 263 g/mol. The van der Waals surface area contributed by atoms with Gasteiger partial charge < -0.3 is 9.63 Å². The van der Waals surface area contributed by atoms with E-state index in [0.29, 0.717) is 12.8 Å². The Morgan fingerprint density at radius 3 is 2.78 bits per heavy atom. The zero-order valence-electron chi connectivity index (χ0n) is 9.41. The summed E-state index contributed by atoms with van der Waals surface area (Å²) < 4.78 is 42.5. The Morgan fingerprint density at radius 2 is 2.17 bits per heavy atom. The summed E-state index contributed by atoms with van der Waals surface area (Å²) in [5.41, 5.74) is -0.000672. The topological polar surface area (TPSA) is 63.3 Å². The molecule has 18 heavy (non-hydrogen) atoms. The maximum absolute atomic E-state index is 12.7. The molecule has 1 aliphatic carbocycles. The molecular weight excluding hydrogens is 251 g/mol. The summed E-state index contributed by atoms with van der Waals surface area (Å²) in [6, 6.07) is 0. The Kier molecular flexibility index (Phi) is 3.32. The van der Waals surface area contributed by atoms with Gasteiger partial charge in [-0.25, -0.2) is 4.79 Å². The van der Waals surface area contributed by atoms with E-state index in [1.807, 2.05) is 0 Å². The van der Waals surface area contributed by atoms with Crippen molar-refractivity contribution in [2.24, 2.45) is 5.92 Å². The molecule has 1 fully saturated rings. The molecule has 0 unspecified atom stereocenters. The van der Waals surface area contributed by atoms with Crippen molar-refractivity contribution < 1.29 is 27.6 Å². The first-order valence-corrected chi connectivity index (χ1v) is 5.64. The lowest BCUT2D eigenvalue weighted by atomic mass is 9.78. The molecule has 0 aliphatic heterocycles. The Labute approximate surface area is 101 Å². The highest BCUT2D eigenvalue weighted by Crippen LogP contribution is 2.43. The number of carbonyl (C=O) groups is 1. The molecule has 1 heterocycles. The lowest BCUT2D eigenvalue weighted by Gasteiger charge is -2.29. The first-order chi connectivity index (χ1) is 8.39. The molecule has 4 nitrogen and oxygen atoms in total. The molecule has 1 aromatic heterocycles. The van der Waals surface area contributed by atoms with Crippen LogP contribution in [0.25, 0.3) is 0 Å². The van der Waals surface area contributed by atoms with Crippen LogP contribution in [0.1, 0.15) is 47.7 Å². The van der Waals surface area contributed by atoms with Crippen LogP contribution in [-0.4, -0.2) is 22.4 Å². The Hall–Kier alpha value is -1.53. The van der Waals surface area contributed by atoms with Crippen LogP contribution in [0.4, 0.5) is 13.2 Å². The number of aromatic carboxylic acids is 1. The maximum Gasteiger partial charge on any atom is 0.391 e. The summed E-state index contributed by atoms with van der Waals surface area (Å²) in [5.74, 6) is -3.09. The van der Waals surface area contributed by atoms with Crippen LogP contribution in [0.15, 0.2) is 10.8 Å². The highest BCUT2D eigenvalue weighted by molar-refractivity contribution is 5.88. The van der Waals surface area contributed by atoms with Crippen molar-refractivity contribution in [1.29, 1.82) is 0 Å². The van der Waals surface area contributed by atoms with Gasteiger partial charge in [0.15, 0.2) is 0 Å². The molecule has 2 atom stereocenters. The number of nitrogens with zero attached hydrogens (tertiary/aromatic N) is 1. The highest BCUT2D eigenvalue weighted by atomic mass is 19.4. The molecule has 0 bridgehead atoms. The molecule has 1 saturated carbocycles. The number of carboxylic acids is 1. The third-order valence-corrected chi connectivity index (χ3v) is 3.35. The zero-order valence-corrected chi connectivity index (χ0v) is 9.41. The average Bonchev–Trinajstić information content (AvgIpc) is 2.77. The molecule has 100 valence electrons. The summed E-state index contributed by atoms with van der Waals surface area (Å²) in [6.07, 6.45) is -2.35. The van der Waals surface area contributed by atoms with E-state index in [1.54, 1.807) is 0 Å². The second-order valence-electron chi connectivity index (χ2n) is 4.52.